The van der Waals surface area contributed by atoms with Gasteiger partial charge < -0.3 is 19.7 Å². The molecule has 0 aromatic heterocycles. The lowest BCUT2D eigenvalue weighted by molar-refractivity contribution is -0.152. The zero-order valence-corrected chi connectivity index (χ0v) is 7.95. The van der Waals surface area contributed by atoms with Crippen molar-refractivity contribution in [3.8, 4) is 0 Å². The number of ether oxygens (including phenoxy) is 1. The van der Waals surface area contributed by atoms with Gasteiger partial charge in [-0.25, -0.2) is 0 Å². The van der Waals surface area contributed by atoms with Gasteiger partial charge in [-0.3, -0.25) is 4.79 Å². The third-order valence-corrected chi connectivity index (χ3v) is 0.765. The van der Waals surface area contributed by atoms with Gasteiger partial charge in [0.1, 0.15) is 5.78 Å². The highest BCUT2D eigenvalue weighted by Gasteiger charge is 1.98. The first kappa shape index (κ1) is 14.6. The molecule has 0 aliphatic carbocycles. The topological polar surface area (TPSA) is 83.8 Å². The van der Waals surface area contributed by atoms with Crippen LogP contribution in [0.25, 0.3) is 0 Å². The zero-order chi connectivity index (χ0) is 10.7. The smallest absolute Gasteiger partial charge is 0.307 e. The molecular weight excluding hydrogens is 176 g/mol. The first-order valence-corrected chi connectivity index (χ1v) is 3.89. The maximum Gasteiger partial charge on any atom is 0.307 e. The lowest BCUT2D eigenvalue weighted by Crippen LogP contribution is -2.05. The third-order valence-electron chi connectivity index (χ3n) is 0.765. The molecule has 0 saturated heterocycles. The van der Waals surface area contributed by atoms with Crippen molar-refractivity contribution in [2.24, 2.45) is 0 Å². The Morgan fingerprint density at radius 3 is 2.00 bits per heavy atom. The monoisotopic (exact) mass is 192 g/mol. The summed E-state index contributed by atoms with van der Waals surface area (Å²) in [6.07, 6.45) is 0.551. The molecule has 0 fully saturated rings. The molecule has 0 radical (unpaired) electrons. The van der Waals surface area contributed by atoms with Crippen LogP contribution in [-0.4, -0.2) is 35.4 Å². The van der Waals surface area contributed by atoms with E-state index in [-0.39, 0.29) is 18.8 Å². The maximum absolute atomic E-state index is 10.3. The number of aliphatic hydroxyl groups is 2. The Bertz CT molecular complexity index is 139. The van der Waals surface area contributed by atoms with E-state index in [1.54, 1.807) is 0 Å². The van der Waals surface area contributed by atoms with Crippen molar-refractivity contribution < 1.29 is 24.5 Å². The van der Waals surface area contributed by atoms with E-state index in [0.717, 1.165) is 0 Å². The number of hydrogen-bond acceptors (Lipinski definition) is 5. The molecule has 0 aromatic rings. The van der Waals surface area contributed by atoms with Gasteiger partial charge in [-0.05, 0) is 20.3 Å². The van der Waals surface area contributed by atoms with Crippen LogP contribution in [0.15, 0.2) is 0 Å². The van der Waals surface area contributed by atoms with Gasteiger partial charge in [0.25, 0.3) is 0 Å². The van der Waals surface area contributed by atoms with Crippen LogP contribution in [0, 0.1) is 0 Å². The molecule has 0 bridgehead atoms. The number of Topliss-reactive ketones (excluding diaryl/α,β-unsaturated/α-hetero) is 1. The van der Waals surface area contributed by atoms with Gasteiger partial charge in [0.05, 0.1) is 0 Å². The predicted octanol–water partition coefficient (Wildman–Crippen LogP) is -0.153. The Morgan fingerprint density at radius 1 is 1.23 bits per heavy atom. The van der Waals surface area contributed by atoms with Crippen molar-refractivity contribution in [3.63, 3.8) is 0 Å². The van der Waals surface area contributed by atoms with Crippen LogP contribution in [0.4, 0.5) is 0 Å². The van der Waals surface area contributed by atoms with E-state index in [1.807, 2.05) is 0 Å². The molecule has 78 valence electrons. The first-order chi connectivity index (χ1) is 6.04. The maximum atomic E-state index is 10.3. The molecule has 2 N–H and O–H groups in total. The largest absolute Gasteiger partial charge is 0.439 e. The summed E-state index contributed by atoms with van der Waals surface area (Å²) in [5.74, 6) is -0.313. The highest BCUT2D eigenvalue weighted by Crippen LogP contribution is 1.89. The van der Waals surface area contributed by atoms with Crippen molar-refractivity contribution in [2.75, 3.05) is 13.4 Å². The molecule has 0 spiro atoms. The number of rotatable bonds is 4. The standard InChI is InChI=1S/C5H10O4.C3H6O/c6-3-1-2-5(8)9-4-7;1-3(2)4/h6-7H,1-4H2;1-2H3. The van der Waals surface area contributed by atoms with Crippen LogP contribution in [-0.2, 0) is 14.3 Å². The van der Waals surface area contributed by atoms with E-state index >= 15 is 0 Å². The molecule has 0 aliphatic rings. The molecule has 0 rings (SSSR count). The van der Waals surface area contributed by atoms with Gasteiger partial charge in [0.2, 0.25) is 0 Å². The molecule has 0 aromatic carbocycles. The van der Waals surface area contributed by atoms with E-state index in [1.165, 1.54) is 13.8 Å². The van der Waals surface area contributed by atoms with E-state index in [0.29, 0.717) is 6.42 Å². The quantitative estimate of drug-likeness (QED) is 0.478. The van der Waals surface area contributed by atoms with Crippen molar-refractivity contribution >= 4 is 11.8 Å². The molecule has 0 amide bonds. The molecule has 0 unspecified atom stereocenters. The van der Waals surface area contributed by atoms with E-state index in [9.17, 15) is 9.59 Å². The second-order valence-electron chi connectivity index (χ2n) is 2.38. The number of carbonyl (C=O) groups excluding carboxylic acids is 2. The van der Waals surface area contributed by atoms with Gasteiger partial charge in [0.15, 0.2) is 6.79 Å². The van der Waals surface area contributed by atoms with Gasteiger partial charge in [-0.2, -0.15) is 0 Å². The third kappa shape index (κ3) is 24.7. The lowest BCUT2D eigenvalue weighted by Gasteiger charge is -1.96. The SMILES string of the molecule is CC(C)=O.O=C(CCCO)OCO. The Morgan fingerprint density at radius 2 is 1.69 bits per heavy atom. The average Bonchev–Trinajstić information content (AvgIpc) is 2.00. The summed E-state index contributed by atoms with van der Waals surface area (Å²) in [5.41, 5.74) is 0. The van der Waals surface area contributed by atoms with E-state index in [4.69, 9.17) is 10.2 Å². The van der Waals surface area contributed by atoms with Crippen LogP contribution in [0.3, 0.4) is 0 Å². The molecule has 5 heteroatoms. The fraction of sp³-hybridized carbons (Fsp3) is 0.750. The molecule has 0 atom stereocenters. The van der Waals surface area contributed by atoms with Crippen LogP contribution >= 0.6 is 0 Å². The minimum Gasteiger partial charge on any atom is -0.439 e. The van der Waals surface area contributed by atoms with Gasteiger partial charge in [-0.15, -0.1) is 0 Å². The number of aliphatic hydroxyl groups excluding tert-OH is 2. The summed E-state index contributed by atoms with van der Waals surface area (Å²) in [6, 6.07) is 0. The number of hydrogen-bond donors (Lipinski definition) is 2. The average molecular weight is 192 g/mol. The summed E-state index contributed by atoms with van der Waals surface area (Å²) in [5, 5.41) is 16.2. The molecule has 0 aliphatic heterocycles. The van der Waals surface area contributed by atoms with Gasteiger partial charge in [-0.1, -0.05) is 0 Å². The Labute approximate surface area is 77.3 Å². The van der Waals surface area contributed by atoms with Crippen LogP contribution in [0.1, 0.15) is 26.7 Å². The Balaban J connectivity index is 0. The fourth-order valence-electron chi connectivity index (χ4n) is 0.368. The molecule has 0 saturated carbocycles. The van der Waals surface area contributed by atoms with Crippen LogP contribution < -0.4 is 0 Å². The van der Waals surface area contributed by atoms with E-state index < -0.39 is 12.8 Å². The highest BCUT2D eigenvalue weighted by atomic mass is 16.6. The fourth-order valence-corrected chi connectivity index (χ4v) is 0.368. The normalized spacial score (nSPS) is 8.31. The number of esters is 1. The van der Waals surface area contributed by atoms with Crippen molar-refractivity contribution in [1.29, 1.82) is 0 Å². The second-order valence-corrected chi connectivity index (χ2v) is 2.38. The summed E-state index contributed by atoms with van der Waals surface area (Å²) >= 11 is 0. The summed E-state index contributed by atoms with van der Waals surface area (Å²) in [4.78, 5) is 19.8. The second kappa shape index (κ2) is 11.1. The molecular formula is C8H16O5. The van der Waals surface area contributed by atoms with Crippen molar-refractivity contribution in [3.05, 3.63) is 0 Å². The Hall–Kier alpha value is -0.940. The summed E-state index contributed by atoms with van der Waals surface area (Å²) in [6.45, 7) is 2.45. The zero-order valence-electron chi connectivity index (χ0n) is 7.95. The van der Waals surface area contributed by atoms with E-state index in [2.05, 4.69) is 4.74 Å². The van der Waals surface area contributed by atoms with Crippen LogP contribution in [0.2, 0.25) is 0 Å². The van der Waals surface area contributed by atoms with Crippen LogP contribution in [0.5, 0.6) is 0 Å². The molecule has 5 nitrogen and oxygen atoms in total. The summed E-state index contributed by atoms with van der Waals surface area (Å²) < 4.78 is 4.15. The Kier molecular flexibility index (Phi) is 12.4. The van der Waals surface area contributed by atoms with Gasteiger partial charge in [0, 0.05) is 13.0 Å². The lowest BCUT2D eigenvalue weighted by atomic mass is 10.3. The minimum absolute atomic E-state index is 0.0273. The number of ketones is 1. The molecule has 0 heterocycles. The summed E-state index contributed by atoms with van der Waals surface area (Å²) in [7, 11) is 0. The van der Waals surface area contributed by atoms with Gasteiger partial charge >= 0.3 is 5.97 Å². The molecule has 13 heavy (non-hydrogen) atoms. The predicted molar refractivity (Wildman–Crippen MR) is 45.9 cm³/mol. The minimum atomic E-state index is -0.579. The first-order valence-electron chi connectivity index (χ1n) is 3.89. The van der Waals surface area contributed by atoms with Crippen molar-refractivity contribution in [2.45, 2.75) is 26.7 Å². The number of carbonyl (C=O) groups is 2. The highest BCUT2D eigenvalue weighted by molar-refractivity contribution is 5.72. The van der Waals surface area contributed by atoms with Crippen molar-refractivity contribution in [1.82, 2.24) is 0 Å².